The van der Waals surface area contributed by atoms with Crippen molar-refractivity contribution in [2.75, 3.05) is 28.4 Å². The van der Waals surface area contributed by atoms with Crippen LogP contribution in [0.25, 0.3) is 43.1 Å². The minimum absolute atomic E-state index is 0.120. The summed E-state index contributed by atoms with van der Waals surface area (Å²) in [6.45, 7) is 0. The zero-order valence-electron chi connectivity index (χ0n) is 21.0. The molecule has 0 aliphatic rings. The van der Waals surface area contributed by atoms with Gasteiger partial charge in [0, 0.05) is 0 Å². The number of rotatable bonds is 4. The van der Waals surface area contributed by atoms with E-state index >= 15 is 0 Å². The molecule has 0 saturated heterocycles. The lowest BCUT2D eigenvalue weighted by Gasteiger charge is -2.12. The van der Waals surface area contributed by atoms with Crippen molar-refractivity contribution in [3.8, 4) is 0 Å². The Morgan fingerprint density at radius 1 is 0.342 bits per heavy atom. The van der Waals surface area contributed by atoms with Gasteiger partial charge in [0.2, 0.25) is 0 Å². The Kier molecular flexibility index (Phi) is 6.16. The molecular formula is C30H22O8. The van der Waals surface area contributed by atoms with E-state index in [2.05, 4.69) is 0 Å². The number of benzene rings is 5. The Morgan fingerprint density at radius 2 is 0.500 bits per heavy atom. The monoisotopic (exact) mass is 510 g/mol. The normalized spacial score (nSPS) is 11.1. The van der Waals surface area contributed by atoms with Crippen LogP contribution in [0.1, 0.15) is 41.4 Å². The molecular weight excluding hydrogens is 488 g/mol. The zero-order valence-corrected chi connectivity index (χ0v) is 21.0. The third-order valence-corrected chi connectivity index (χ3v) is 6.60. The number of methoxy groups -OCH3 is 4. The van der Waals surface area contributed by atoms with E-state index in [1.807, 2.05) is 36.4 Å². The molecule has 0 aromatic heterocycles. The van der Waals surface area contributed by atoms with E-state index in [0.717, 1.165) is 43.1 Å². The van der Waals surface area contributed by atoms with E-state index in [-0.39, 0.29) is 22.3 Å². The summed E-state index contributed by atoms with van der Waals surface area (Å²) < 4.78 is 19.5. The Labute approximate surface area is 216 Å². The van der Waals surface area contributed by atoms with E-state index in [1.165, 1.54) is 28.4 Å². The van der Waals surface area contributed by atoms with Crippen molar-refractivity contribution in [3.05, 3.63) is 82.9 Å². The van der Waals surface area contributed by atoms with Gasteiger partial charge in [-0.3, -0.25) is 0 Å². The summed E-state index contributed by atoms with van der Waals surface area (Å²) in [4.78, 5) is 49.4. The Bertz CT molecular complexity index is 1570. The fourth-order valence-electron chi connectivity index (χ4n) is 4.72. The first kappa shape index (κ1) is 24.7. The van der Waals surface area contributed by atoms with E-state index in [0.29, 0.717) is 0 Å². The predicted octanol–water partition coefficient (Wildman–Crippen LogP) is 5.45. The first-order valence-electron chi connectivity index (χ1n) is 11.5. The van der Waals surface area contributed by atoms with E-state index in [1.54, 1.807) is 24.3 Å². The molecule has 0 bridgehead atoms. The molecule has 5 rings (SSSR count). The van der Waals surface area contributed by atoms with Crippen LogP contribution in [-0.4, -0.2) is 52.3 Å². The summed E-state index contributed by atoms with van der Waals surface area (Å²) in [6.07, 6.45) is 0. The second-order valence-electron chi connectivity index (χ2n) is 8.71. The van der Waals surface area contributed by atoms with Crippen molar-refractivity contribution in [1.29, 1.82) is 0 Å². The molecule has 190 valence electrons. The summed E-state index contributed by atoms with van der Waals surface area (Å²) in [6, 6.07) is 18.2. The zero-order chi connectivity index (χ0) is 27.1. The van der Waals surface area contributed by atoms with Crippen molar-refractivity contribution in [2.45, 2.75) is 0 Å². The molecule has 0 aliphatic heterocycles. The number of ether oxygens (including phenoxy) is 4. The largest absolute Gasteiger partial charge is 0.465 e. The van der Waals surface area contributed by atoms with Gasteiger partial charge in [0.1, 0.15) is 0 Å². The van der Waals surface area contributed by atoms with Gasteiger partial charge < -0.3 is 18.9 Å². The predicted molar refractivity (Wildman–Crippen MR) is 142 cm³/mol. The van der Waals surface area contributed by atoms with Gasteiger partial charge in [0.25, 0.3) is 0 Å². The van der Waals surface area contributed by atoms with Crippen molar-refractivity contribution in [2.24, 2.45) is 0 Å². The summed E-state index contributed by atoms with van der Waals surface area (Å²) in [5.41, 5.74) is 0.480. The summed E-state index contributed by atoms with van der Waals surface area (Å²) in [7, 11) is 5.02. The van der Waals surface area contributed by atoms with Gasteiger partial charge in [-0.25, -0.2) is 19.2 Å². The first-order valence-corrected chi connectivity index (χ1v) is 11.5. The average molecular weight is 510 g/mol. The maximum atomic E-state index is 12.4. The van der Waals surface area contributed by atoms with Crippen LogP contribution in [0.4, 0.5) is 0 Å². The summed E-state index contributed by atoms with van der Waals surface area (Å²) in [5.74, 6) is -2.54. The quantitative estimate of drug-likeness (QED) is 0.179. The Balaban J connectivity index is 1.76. The molecule has 5 aromatic rings. The molecule has 0 heterocycles. The highest BCUT2D eigenvalue weighted by Gasteiger charge is 2.21. The number of hydrogen-bond acceptors (Lipinski definition) is 8. The Morgan fingerprint density at radius 3 is 0.658 bits per heavy atom. The van der Waals surface area contributed by atoms with Crippen molar-refractivity contribution in [3.63, 3.8) is 0 Å². The van der Waals surface area contributed by atoms with E-state index in [9.17, 15) is 19.2 Å². The molecule has 8 nitrogen and oxygen atoms in total. The highest BCUT2D eigenvalue weighted by molar-refractivity contribution is 6.13. The molecule has 0 atom stereocenters. The number of carbonyl (C=O) groups excluding carboxylic acids is 4. The van der Waals surface area contributed by atoms with Gasteiger partial charge >= 0.3 is 23.9 Å². The minimum Gasteiger partial charge on any atom is -0.465 e. The van der Waals surface area contributed by atoms with Crippen LogP contribution in [0.15, 0.2) is 60.7 Å². The number of hydrogen-bond donors (Lipinski definition) is 0. The summed E-state index contributed by atoms with van der Waals surface area (Å²) in [5, 5.41) is 6.64. The molecule has 0 unspecified atom stereocenters. The number of carbonyl (C=O) groups is 4. The Hall–Kier alpha value is -4.98. The first-order chi connectivity index (χ1) is 18.3. The molecule has 0 radical (unpaired) electrons. The second kappa shape index (κ2) is 9.48. The van der Waals surface area contributed by atoms with Gasteiger partial charge in [-0.05, 0) is 104 Å². The third kappa shape index (κ3) is 4.06. The molecule has 0 saturated carbocycles. The maximum absolute atomic E-state index is 12.4. The molecule has 38 heavy (non-hydrogen) atoms. The van der Waals surface area contributed by atoms with Gasteiger partial charge in [0.15, 0.2) is 0 Å². The SMILES string of the molecule is COC(=O)c1cc2cc3cc4cc5cc(C(=O)OC)c(C(=O)OC)cc5cc4cc3cc2cc1C(=O)OC. The second-order valence-corrected chi connectivity index (χ2v) is 8.71. The van der Waals surface area contributed by atoms with Crippen LogP contribution < -0.4 is 0 Å². The van der Waals surface area contributed by atoms with Crippen LogP contribution >= 0.6 is 0 Å². The highest BCUT2D eigenvalue weighted by atomic mass is 16.5. The van der Waals surface area contributed by atoms with Gasteiger partial charge in [0.05, 0.1) is 50.7 Å². The molecule has 0 spiro atoms. The molecule has 0 aliphatic carbocycles. The fraction of sp³-hybridized carbons (Fsp3) is 0.133. The molecule has 0 amide bonds. The van der Waals surface area contributed by atoms with Crippen LogP contribution in [0, 0.1) is 0 Å². The van der Waals surface area contributed by atoms with Gasteiger partial charge in [-0.15, -0.1) is 0 Å². The maximum Gasteiger partial charge on any atom is 0.338 e. The highest BCUT2D eigenvalue weighted by Crippen LogP contribution is 2.33. The standard InChI is InChI=1S/C30H22O8/c1-35-27(31)23-11-19-7-15-5-17-9-21-13-25(29(33)37-3)26(30(34)38-4)14-22(21)10-18(17)6-16(15)8-20(19)12-24(23)28(32)36-2/h5-14H,1-4H3. The number of esters is 4. The van der Waals surface area contributed by atoms with Gasteiger partial charge in [-0.1, -0.05) is 0 Å². The lowest BCUT2D eigenvalue weighted by Crippen LogP contribution is -2.11. The lowest BCUT2D eigenvalue weighted by molar-refractivity contribution is 0.0555. The van der Waals surface area contributed by atoms with Crippen LogP contribution in [0.2, 0.25) is 0 Å². The van der Waals surface area contributed by atoms with Crippen molar-refractivity contribution in [1.82, 2.24) is 0 Å². The van der Waals surface area contributed by atoms with E-state index < -0.39 is 23.9 Å². The van der Waals surface area contributed by atoms with Crippen LogP contribution in [0.3, 0.4) is 0 Å². The van der Waals surface area contributed by atoms with Gasteiger partial charge in [-0.2, -0.15) is 0 Å². The van der Waals surface area contributed by atoms with Crippen molar-refractivity contribution < 1.29 is 38.1 Å². The minimum atomic E-state index is -0.634. The molecule has 5 aromatic carbocycles. The molecule has 0 N–H and O–H groups in total. The van der Waals surface area contributed by atoms with Crippen LogP contribution in [-0.2, 0) is 18.9 Å². The third-order valence-electron chi connectivity index (χ3n) is 6.60. The summed E-state index contributed by atoms with van der Waals surface area (Å²) >= 11 is 0. The smallest absolute Gasteiger partial charge is 0.338 e. The average Bonchev–Trinajstić information content (AvgIpc) is 2.94. The van der Waals surface area contributed by atoms with Crippen molar-refractivity contribution >= 4 is 67.0 Å². The fourth-order valence-corrected chi connectivity index (χ4v) is 4.72. The lowest BCUT2D eigenvalue weighted by atomic mass is 9.94. The number of fused-ring (bicyclic) bond motifs is 4. The topological polar surface area (TPSA) is 105 Å². The molecule has 0 fully saturated rings. The van der Waals surface area contributed by atoms with E-state index in [4.69, 9.17) is 18.9 Å². The van der Waals surface area contributed by atoms with Crippen LogP contribution in [0.5, 0.6) is 0 Å². The molecule has 8 heteroatoms.